The van der Waals surface area contributed by atoms with Crippen LogP contribution in [0.5, 0.6) is 0 Å². The lowest BCUT2D eigenvalue weighted by Gasteiger charge is -2.38. The van der Waals surface area contributed by atoms with E-state index in [-0.39, 0.29) is 47.5 Å². The number of aromatic carboxylic acids is 1. The van der Waals surface area contributed by atoms with Crippen LogP contribution < -0.4 is 4.90 Å². The number of fused-ring (bicyclic) bond motifs is 3. The molecule has 3 aliphatic rings. The van der Waals surface area contributed by atoms with Crippen LogP contribution in [0.4, 0.5) is 13.9 Å². The third-order valence-electron chi connectivity index (χ3n) is 8.26. The number of thiazole rings is 1. The minimum Gasteiger partial charge on any atom is -0.478 e. The number of carbonyl (C=O) groups is 1. The summed E-state index contributed by atoms with van der Waals surface area (Å²) in [6.45, 7) is 2.09. The van der Waals surface area contributed by atoms with E-state index >= 15 is 0 Å². The van der Waals surface area contributed by atoms with Gasteiger partial charge in [-0.3, -0.25) is 0 Å². The van der Waals surface area contributed by atoms with E-state index in [2.05, 4.69) is 10.1 Å². The summed E-state index contributed by atoms with van der Waals surface area (Å²) in [4.78, 5) is 18.8. The van der Waals surface area contributed by atoms with Crippen LogP contribution in [-0.2, 0) is 11.3 Å². The van der Waals surface area contributed by atoms with Crippen molar-refractivity contribution in [2.45, 2.75) is 76.2 Å². The second kappa shape index (κ2) is 9.38. The quantitative estimate of drug-likeness (QED) is 0.269. The Balaban J connectivity index is 1.11. The number of halogens is 2. The number of hydrogen-bond acceptors (Lipinski definition) is 7. The normalized spacial score (nSPS) is 22.6. The van der Waals surface area contributed by atoms with Crippen LogP contribution in [0.15, 0.2) is 34.9 Å². The molecule has 2 aromatic carbocycles. The second-order valence-electron chi connectivity index (χ2n) is 10.9. The summed E-state index contributed by atoms with van der Waals surface area (Å²) in [7, 11) is 0. The number of aromatic nitrogens is 2. The van der Waals surface area contributed by atoms with Gasteiger partial charge in [0.15, 0.2) is 5.13 Å². The molecular formula is C29H27F2N3O4S. The Morgan fingerprint density at radius 1 is 1.15 bits per heavy atom. The van der Waals surface area contributed by atoms with Crippen LogP contribution in [0.2, 0.25) is 0 Å². The SMILES string of the molecule is Cc1cc(C(=O)O)cc2sc(N3[C@@H]4CC[C@H]3CC(OCc3c(-c5c(F)cccc5F)noc3C3CC3)C4)nc12. The molecule has 3 atom stereocenters. The summed E-state index contributed by atoms with van der Waals surface area (Å²) in [6.07, 6.45) is 5.64. The molecule has 7 nitrogen and oxygen atoms in total. The number of ether oxygens (including phenoxy) is 1. The first kappa shape index (κ1) is 24.7. The largest absolute Gasteiger partial charge is 0.478 e. The summed E-state index contributed by atoms with van der Waals surface area (Å²) in [5.74, 6) is -1.37. The lowest BCUT2D eigenvalue weighted by Crippen LogP contribution is -2.45. The number of carboxylic acids is 1. The van der Waals surface area contributed by atoms with Gasteiger partial charge in [0.1, 0.15) is 23.1 Å². The molecule has 1 N–H and O–H groups in total. The predicted molar refractivity (Wildman–Crippen MR) is 142 cm³/mol. The lowest BCUT2D eigenvalue weighted by molar-refractivity contribution is 0.0147. The van der Waals surface area contributed by atoms with Crippen LogP contribution in [0, 0.1) is 18.6 Å². The highest BCUT2D eigenvalue weighted by Crippen LogP contribution is 2.46. The highest BCUT2D eigenvalue weighted by molar-refractivity contribution is 7.22. The standard InChI is InChI=1S/C29H27F2N3O4S/c1-14-9-16(28(35)36)10-23-25(14)32-29(39-23)34-17-7-8-18(34)12-19(11-17)37-13-20-26(33-38-27(20)15-5-6-15)24-21(30)3-2-4-22(24)31/h2-4,9-10,15,17-19H,5-8,11-13H2,1H3,(H,35,36)/t17-,18+,19?. The van der Waals surface area contributed by atoms with Crippen molar-refractivity contribution >= 4 is 32.7 Å². The zero-order chi connectivity index (χ0) is 26.8. The molecule has 2 aromatic heterocycles. The van der Waals surface area contributed by atoms with Crippen LogP contribution in [0.1, 0.15) is 71.7 Å². The second-order valence-corrected chi connectivity index (χ2v) is 11.9. The smallest absolute Gasteiger partial charge is 0.335 e. The number of carboxylic acid groups (broad SMARTS) is 1. The molecule has 7 rings (SSSR count). The van der Waals surface area contributed by atoms with Crippen molar-refractivity contribution in [1.29, 1.82) is 0 Å². The topological polar surface area (TPSA) is 88.7 Å². The summed E-state index contributed by atoms with van der Waals surface area (Å²) >= 11 is 1.54. The zero-order valence-corrected chi connectivity index (χ0v) is 22.1. The molecule has 2 aliphatic heterocycles. The van der Waals surface area contributed by atoms with Gasteiger partial charge in [0.2, 0.25) is 0 Å². The van der Waals surface area contributed by atoms with Crippen molar-refractivity contribution in [3.05, 3.63) is 64.4 Å². The Morgan fingerprint density at radius 3 is 2.54 bits per heavy atom. The average molecular weight is 552 g/mol. The minimum absolute atomic E-state index is 0.00579. The Hall–Kier alpha value is -3.37. The van der Waals surface area contributed by atoms with Gasteiger partial charge in [-0.05, 0) is 75.3 Å². The van der Waals surface area contributed by atoms with Gasteiger partial charge in [-0.15, -0.1) is 0 Å². The molecule has 202 valence electrons. The number of piperidine rings is 1. The maximum absolute atomic E-state index is 14.6. The van der Waals surface area contributed by atoms with Gasteiger partial charge >= 0.3 is 5.97 Å². The summed E-state index contributed by atoms with van der Waals surface area (Å²) in [5, 5.41) is 14.4. The van der Waals surface area contributed by atoms with Crippen LogP contribution in [0.3, 0.4) is 0 Å². The first-order valence-corrected chi connectivity index (χ1v) is 14.2. The Morgan fingerprint density at radius 2 is 1.87 bits per heavy atom. The molecule has 4 heterocycles. The zero-order valence-electron chi connectivity index (χ0n) is 21.3. The fraction of sp³-hybridized carbons (Fsp3) is 0.414. The number of benzene rings is 2. The first-order valence-electron chi connectivity index (χ1n) is 13.3. The molecule has 10 heteroatoms. The Bertz CT molecular complexity index is 1560. The van der Waals surface area contributed by atoms with Crippen molar-refractivity contribution in [2.75, 3.05) is 4.90 Å². The van der Waals surface area contributed by atoms with Crippen LogP contribution >= 0.6 is 11.3 Å². The van der Waals surface area contributed by atoms with Gasteiger partial charge in [-0.25, -0.2) is 18.6 Å². The van der Waals surface area contributed by atoms with E-state index in [9.17, 15) is 18.7 Å². The van der Waals surface area contributed by atoms with Crippen LogP contribution in [0.25, 0.3) is 21.5 Å². The van der Waals surface area contributed by atoms with Gasteiger partial charge in [0, 0.05) is 23.6 Å². The number of anilines is 1. The molecule has 1 aliphatic carbocycles. The first-order chi connectivity index (χ1) is 18.9. The van der Waals surface area contributed by atoms with Crippen molar-refractivity contribution in [3.63, 3.8) is 0 Å². The third kappa shape index (κ3) is 4.30. The van der Waals surface area contributed by atoms with Crippen LogP contribution in [-0.4, -0.2) is 39.4 Å². The molecule has 0 spiro atoms. The van der Waals surface area contributed by atoms with Crippen molar-refractivity contribution in [3.8, 4) is 11.3 Å². The molecule has 4 aromatic rings. The summed E-state index contributed by atoms with van der Waals surface area (Å²) in [6, 6.07) is 7.71. The van der Waals surface area contributed by atoms with Gasteiger partial charge in [0.25, 0.3) is 0 Å². The van der Waals surface area contributed by atoms with E-state index in [4.69, 9.17) is 14.2 Å². The molecule has 3 fully saturated rings. The monoisotopic (exact) mass is 551 g/mol. The number of nitrogens with zero attached hydrogens (tertiary/aromatic N) is 3. The molecular weight excluding hydrogens is 524 g/mol. The van der Waals surface area contributed by atoms with E-state index in [1.807, 2.05) is 6.92 Å². The fourth-order valence-corrected chi connectivity index (χ4v) is 7.47. The Kier molecular flexibility index (Phi) is 5.93. The average Bonchev–Trinajstić information content (AvgIpc) is 3.42. The van der Waals surface area contributed by atoms with Gasteiger partial charge in [-0.2, -0.15) is 0 Å². The summed E-state index contributed by atoms with van der Waals surface area (Å²) < 4.78 is 42.1. The molecule has 0 radical (unpaired) electrons. The van der Waals surface area contributed by atoms with Gasteiger partial charge in [-0.1, -0.05) is 22.6 Å². The van der Waals surface area contributed by atoms with Gasteiger partial charge < -0.3 is 19.3 Å². The number of aryl methyl sites for hydroxylation is 1. The highest BCUT2D eigenvalue weighted by atomic mass is 32.1. The van der Waals surface area contributed by atoms with E-state index in [1.165, 1.54) is 18.2 Å². The van der Waals surface area contributed by atoms with E-state index in [1.54, 1.807) is 23.5 Å². The molecule has 2 bridgehead atoms. The maximum Gasteiger partial charge on any atom is 0.335 e. The molecule has 1 saturated carbocycles. The summed E-state index contributed by atoms with van der Waals surface area (Å²) in [5.41, 5.74) is 2.66. The third-order valence-corrected chi connectivity index (χ3v) is 9.28. The van der Waals surface area contributed by atoms with E-state index in [0.29, 0.717) is 11.3 Å². The maximum atomic E-state index is 14.6. The minimum atomic E-state index is -0.938. The van der Waals surface area contributed by atoms with Crippen molar-refractivity contribution < 1.29 is 27.9 Å². The fourth-order valence-electron chi connectivity index (χ4n) is 6.24. The number of hydrogen-bond donors (Lipinski definition) is 1. The highest BCUT2D eigenvalue weighted by Gasteiger charge is 2.43. The molecule has 39 heavy (non-hydrogen) atoms. The molecule has 0 amide bonds. The molecule has 2 saturated heterocycles. The Labute approximate surface area is 227 Å². The number of rotatable bonds is 7. The molecule has 1 unspecified atom stereocenters. The van der Waals surface area contributed by atoms with Gasteiger partial charge in [0.05, 0.1) is 34.1 Å². The lowest BCUT2D eigenvalue weighted by atomic mass is 10.00. The van der Waals surface area contributed by atoms with E-state index in [0.717, 1.165) is 59.4 Å². The van der Waals surface area contributed by atoms with E-state index < -0.39 is 17.6 Å². The predicted octanol–water partition coefficient (Wildman–Crippen LogP) is 6.83. The van der Waals surface area contributed by atoms with Crippen molar-refractivity contribution in [2.24, 2.45) is 0 Å². The van der Waals surface area contributed by atoms with Crippen molar-refractivity contribution in [1.82, 2.24) is 10.1 Å².